The molecule has 1 aliphatic heterocycles. The van der Waals surface area contributed by atoms with Gasteiger partial charge in [0.2, 0.25) is 5.91 Å². The second kappa shape index (κ2) is 6.98. The Balaban J connectivity index is 1.42. The molecule has 2 heterocycles. The second-order valence-electron chi connectivity index (χ2n) is 7.18. The molecular weight excluding hydrogens is 319 g/mol. The second-order valence-corrected chi connectivity index (χ2v) is 7.18. The molecule has 2 aromatic rings. The Kier molecular flexibility index (Phi) is 4.55. The molecule has 0 N–H and O–H groups in total. The molecule has 0 radical (unpaired) electrons. The maximum Gasteiger partial charge on any atom is 0.225 e. The highest BCUT2D eigenvalue weighted by atomic mass is 19.1. The number of hydrogen-bond acceptors (Lipinski definition) is 3. The molecule has 1 saturated heterocycles. The number of oxazole rings is 1. The summed E-state index contributed by atoms with van der Waals surface area (Å²) in [5, 5.41) is 0. The van der Waals surface area contributed by atoms with Gasteiger partial charge >= 0.3 is 0 Å². The van der Waals surface area contributed by atoms with Gasteiger partial charge in [-0.1, -0.05) is 24.6 Å². The molecule has 1 aliphatic carbocycles. The lowest BCUT2D eigenvalue weighted by molar-refractivity contribution is -0.139. The topological polar surface area (TPSA) is 46.3 Å². The number of benzene rings is 1. The Morgan fingerprint density at radius 2 is 2.08 bits per heavy atom. The Hall–Kier alpha value is -2.17. The van der Waals surface area contributed by atoms with Crippen LogP contribution in [-0.2, 0) is 11.2 Å². The summed E-state index contributed by atoms with van der Waals surface area (Å²) in [5.74, 6) is 1.80. The molecule has 0 bridgehead atoms. The van der Waals surface area contributed by atoms with Gasteiger partial charge in [-0.3, -0.25) is 4.79 Å². The van der Waals surface area contributed by atoms with E-state index in [0.717, 1.165) is 32.2 Å². The van der Waals surface area contributed by atoms with Crippen LogP contribution in [0.5, 0.6) is 0 Å². The fourth-order valence-electron chi connectivity index (χ4n) is 3.71. The molecule has 1 saturated carbocycles. The first kappa shape index (κ1) is 16.3. The zero-order chi connectivity index (χ0) is 17.2. The van der Waals surface area contributed by atoms with E-state index < -0.39 is 0 Å². The van der Waals surface area contributed by atoms with Crippen molar-refractivity contribution in [3.05, 3.63) is 53.5 Å². The summed E-state index contributed by atoms with van der Waals surface area (Å²) >= 11 is 0. The molecule has 1 aromatic carbocycles. The first-order valence-electron chi connectivity index (χ1n) is 9.17. The molecule has 1 aromatic heterocycles. The molecule has 132 valence electrons. The van der Waals surface area contributed by atoms with Crippen LogP contribution in [0.25, 0.3) is 0 Å². The van der Waals surface area contributed by atoms with Gasteiger partial charge in [-0.2, -0.15) is 0 Å². The van der Waals surface area contributed by atoms with Gasteiger partial charge in [0.15, 0.2) is 5.89 Å². The van der Waals surface area contributed by atoms with E-state index in [4.69, 9.17) is 4.42 Å². The number of piperidine rings is 1. The van der Waals surface area contributed by atoms with E-state index in [1.165, 1.54) is 12.5 Å². The molecule has 0 unspecified atom stereocenters. The standard InChI is InChI=1S/C20H23FN2O2/c21-18-9-2-1-5-15(18)11-17-12-22-19(25-17)16-8-4-10-23(13-16)20(24)14-6-3-7-14/h1-2,5,9,12,14,16H,3-4,6-8,10-11,13H2/t16-/m0/s1. The highest BCUT2D eigenvalue weighted by Crippen LogP contribution is 2.32. The van der Waals surface area contributed by atoms with Crippen molar-refractivity contribution in [1.29, 1.82) is 0 Å². The van der Waals surface area contributed by atoms with Crippen LogP contribution in [0.3, 0.4) is 0 Å². The van der Waals surface area contributed by atoms with E-state index in [-0.39, 0.29) is 17.7 Å². The largest absolute Gasteiger partial charge is 0.445 e. The van der Waals surface area contributed by atoms with Crippen LogP contribution in [0.4, 0.5) is 4.39 Å². The van der Waals surface area contributed by atoms with Crippen LogP contribution in [-0.4, -0.2) is 28.9 Å². The van der Waals surface area contributed by atoms with E-state index in [1.807, 2.05) is 11.0 Å². The zero-order valence-electron chi connectivity index (χ0n) is 14.3. The SMILES string of the molecule is O=C(C1CCC1)N1CCC[C@H](c2ncc(Cc3ccccc3F)o2)C1. The smallest absolute Gasteiger partial charge is 0.225 e. The van der Waals surface area contributed by atoms with E-state index in [2.05, 4.69) is 4.98 Å². The average molecular weight is 342 g/mol. The van der Waals surface area contributed by atoms with Crippen molar-refractivity contribution in [2.75, 3.05) is 13.1 Å². The molecule has 2 aliphatic rings. The molecule has 25 heavy (non-hydrogen) atoms. The van der Waals surface area contributed by atoms with Gasteiger partial charge in [0.05, 0.1) is 12.1 Å². The quantitative estimate of drug-likeness (QED) is 0.846. The number of likely N-dealkylation sites (tertiary alicyclic amines) is 1. The third kappa shape index (κ3) is 3.46. The van der Waals surface area contributed by atoms with Crippen molar-refractivity contribution in [3.8, 4) is 0 Å². The lowest BCUT2D eigenvalue weighted by atomic mass is 9.83. The molecule has 0 spiro atoms. The van der Waals surface area contributed by atoms with Crippen LogP contribution in [0.1, 0.15) is 55.2 Å². The van der Waals surface area contributed by atoms with Crippen molar-refractivity contribution < 1.29 is 13.6 Å². The lowest BCUT2D eigenvalue weighted by Gasteiger charge is -2.36. The first-order valence-corrected chi connectivity index (χ1v) is 9.17. The number of halogens is 1. The summed E-state index contributed by atoms with van der Waals surface area (Å²) < 4.78 is 19.7. The van der Waals surface area contributed by atoms with E-state index >= 15 is 0 Å². The normalized spacial score (nSPS) is 21.2. The Morgan fingerprint density at radius 1 is 1.24 bits per heavy atom. The van der Waals surface area contributed by atoms with Gasteiger partial charge in [-0.05, 0) is 37.3 Å². The number of carbonyl (C=O) groups excluding carboxylic acids is 1. The maximum absolute atomic E-state index is 13.8. The number of rotatable bonds is 4. The monoisotopic (exact) mass is 342 g/mol. The van der Waals surface area contributed by atoms with Crippen molar-refractivity contribution in [2.45, 2.75) is 44.4 Å². The van der Waals surface area contributed by atoms with Gasteiger partial charge in [0.25, 0.3) is 0 Å². The fourth-order valence-corrected chi connectivity index (χ4v) is 3.71. The number of aromatic nitrogens is 1. The lowest BCUT2D eigenvalue weighted by Crippen LogP contribution is -2.44. The van der Waals surface area contributed by atoms with Crippen molar-refractivity contribution >= 4 is 5.91 Å². The van der Waals surface area contributed by atoms with Crippen LogP contribution in [0, 0.1) is 11.7 Å². The Bertz CT molecular complexity index is 754. The van der Waals surface area contributed by atoms with Crippen LogP contribution in [0.2, 0.25) is 0 Å². The maximum atomic E-state index is 13.8. The highest BCUT2D eigenvalue weighted by molar-refractivity contribution is 5.79. The number of carbonyl (C=O) groups is 1. The van der Waals surface area contributed by atoms with Crippen LogP contribution in [0.15, 0.2) is 34.9 Å². The summed E-state index contributed by atoms with van der Waals surface area (Å²) in [6.07, 6.45) is 7.29. The van der Waals surface area contributed by atoms with Gasteiger partial charge in [0, 0.05) is 25.4 Å². The van der Waals surface area contributed by atoms with Gasteiger partial charge < -0.3 is 9.32 Å². The third-order valence-electron chi connectivity index (χ3n) is 5.43. The number of hydrogen-bond donors (Lipinski definition) is 0. The van der Waals surface area contributed by atoms with E-state index in [9.17, 15) is 9.18 Å². The Labute approximate surface area is 147 Å². The number of nitrogens with zero attached hydrogens (tertiary/aromatic N) is 2. The molecule has 4 rings (SSSR count). The summed E-state index contributed by atoms with van der Waals surface area (Å²) in [6.45, 7) is 1.53. The Morgan fingerprint density at radius 3 is 2.84 bits per heavy atom. The van der Waals surface area contributed by atoms with Crippen LogP contribution < -0.4 is 0 Å². The van der Waals surface area contributed by atoms with Crippen molar-refractivity contribution in [3.63, 3.8) is 0 Å². The minimum absolute atomic E-state index is 0.146. The average Bonchev–Trinajstić information content (AvgIpc) is 3.04. The minimum atomic E-state index is -0.226. The summed E-state index contributed by atoms with van der Waals surface area (Å²) in [7, 11) is 0. The molecular formula is C20H23FN2O2. The van der Waals surface area contributed by atoms with Gasteiger partial charge in [-0.15, -0.1) is 0 Å². The first-order chi connectivity index (χ1) is 12.2. The third-order valence-corrected chi connectivity index (χ3v) is 5.43. The van der Waals surface area contributed by atoms with Crippen molar-refractivity contribution in [1.82, 2.24) is 9.88 Å². The van der Waals surface area contributed by atoms with E-state index in [0.29, 0.717) is 36.1 Å². The summed E-state index contributed by atoms with van der Waals surface area (Å²) in [4.78, 5) is 18.9. The molecule has 5 heteroatoms. The molecule has 4 nitrogen and oxygen atoms in total. The van der Waals surface area contributed by atoms with Gasteiger partial charge in [0.1, 0.15) is 11.6 Å². The predicted molar refractivity (Wildman–Crippen MR) is 91.6 cm³/mol. The molecule has 1 atom stereocenters. The fraction of sp³-hybridized carbons (Fsp3) is 0.500. The zero-order valence-corrected chi connectivity index (χ0v) is 14.3. The summed E-state index contributed by atoms with van der Waals surface area (Å²) in [6, 6.07) is 6.72. The van der Waals surface area contributed by atoms with Crippen molar-refractivity contribution in [2.24, 2.45) is 5.92 Å². The predicted octanol–water partition coefficient (Wildman–Crippen LogP) is 3.91. The van der Waals surface area contributed by atoms with E-state index in [1.54, 1.807) is 18.3 Å². The summed E-state index contributed by atoms with van der Waals surface area (Å²) in [5.41, 5.74) is 0.607. The van der Waals surface area contributed by atoms with Gasteiger partial charge in [-0.25, -0.2) is 9.37 Å². The minimum Gasteiger partial charge on any atom is -0.445 e. The highest BCUT2D eigenvalue weighted by Gasteiger charge is 2.33. The molecule has 1 amide bonds. The molecule has 2 fully saturated rings. The number of amides is 1. The van der Waals surface area contributed by atoms with Crippen LogP contribution >= 0.6 is 0 Å².